The molecule has 2 saturated carbocycles. The molecular formula is C23H28O2S. The van der Waals surface area contributed by atoms with Crippen molar-refractivity contribution in [3.05, 3.63) is 42.0 Å². The molecule has 3 heteroatoms. The van der Waals surface area contributed by atoms with E-state index >= 15 is 0 Å². The van der Waals surface area contributed by atoms with Gasteiger partial charge < -0.3 is 4.74 Å². The first-order chi connectivity index (χ1) is 12.3. The highest BCUT2D eigenvalue weighted by Crippen LogP contribution is 2.55. The van der Waals surface area contributed by atoms with Crippen LogP contribution < -0.4 is 0 Å². The molecule has 2 aromatic carbocycles. The summed E-state index contributed by atoms with van der Waals surface area (Å²) in [7, 11) is 0. The Morgan fingerprint density at radius 2 is 1.81 bits per heavy atom. The molecule has 2 aromatic rings. The molecule has 2 nitrogen and oxygen atoms in total. The Hall–Kier alpha value is -1.48. The predicted octanol–water partition coefficient (Wildman–Crippen LogP) is 5.84. The molecule has 5 unspecified atom stereocenters. The number of carbonyl (C=O) groups is 1. The minimum absolute atomic E-state index is 0.0258. The molecule has 2 aliphatic carbocycles. The van der Waals surface area contributed by atoms with Crippen molar-refractivity contribution in [2.45, 2.75) is 51.0 Å². The Morgan fingerprint density at radius 3 is 2.50 bits per heavy atom. The maximum absolute atomic E-state index is 13.0. The van der Waals surface area contributed by atoms with Gasteiger partial charge in [0, 0.05) is 10.5 Å². The second kappa shape index (κ2) is 6.30. The molecule has 0 spiro atoms. The van der Waals surface area contributed by atoms with Crippen LogP contribution in [0.25, 0.3) is 10.8 Å². The van der Waals surface area contributed by atoms with Crippen molar-refractivity contribution in [1.29, 1.82) is 0 Å². The highest BCUT2D eigenvalue weighted by atomic mass is 32.1. The van der Waals surface area contributed by atoms with Crippen LogP contribution in [0.2, 0.25) is 0 Å². The lowest BCUT2D eigenvalue weighted by Gasteiger charge is -2.34. The van der Waals surface area contributed by atoms with Crippen molar-refractivity contribution in [2.24, 2.45) is 29.6 Å². The lowest BCUT2D eigenvalue weighted by atomic mass is 9.75. The van der Waals surface area contributed by atoms with Gasteiger partial charge in [0.25, 0.3) is 0 Å². The number of thiol groups is 1. The summed E-state index contributed by atoms with van der Waals surface area (Å²) in [5.41, 5.74) is 0.284. The summed E-state index contributed by atoms with van der Waals surface area (Å²) in [4.78, 5) is 13.9. The van der Waals surface area contributed by atoms with E-state index in [1.165, 1.54) is 6.42 Å². The van der Waals surface area contributed by atoms with Crippen LogP contribution in [0.4, 0.5) is 0 Å². The second-order valence-corrected chi connectivity index (χ2v) is 9.28. The maximum atomic E-state index is 13.0. The fraction of sp³-hybridized carbons (Fsp3) is 0.522. The molecule has 2 aliphatic rings. The third-order valence-electron chi connectivity index (χ3n) is 7.10. The zero-order chi connectivity index (χ0) is 18.6. The van der Waals surface area contributed by atoms with E-state index in [-0.39, 0.29) is 11.9 Å². The lowest BCUT2D eigenvalue weighted by Crippen LogP contribution is -2.35. The van der Waals surface area contributed by atoms with Gasteiger partial charge in [-0.05, 0) is 61.1 Å². The zero-order valence-electron chi connectivity index (χ0n) is 16.0. The van der Waals surface area contributed by atoms with Crippen LogP contribution in [-0.4, -0.2) is 5.97 Å². The van der Waals surface area contributed by atoms with Crippen molar-refractivity contribution in [3.63, 3.8) is 0 Å². The van der Waals surface area contributed by atoms with Crippen LogP contribution in [0.3, 0.4) is 0 Å². The summed E-state index contributed by atoms with van der Waals surface area (Å²) < 4.78 is 6.09. The van der Waals surface area contributed by atoms with Gasteiger partial charge in [-0.2, -0.15) is 0 Å². The number of carbonyl (C=O) groups excluding carboxylic acids is 1. The molecule has 138 valence electrons. The summed E-state index contributed by atoms with van der Waals surface area (Å²) >= 11 is 4.77. The van der Waals surface area contributed by atoms with Crippen LogP contribution in [-0.2, 0) is 15.1 Å². The van der Waals surface area contributed by atoms with E-state index in [4.69, 9.17) is 17.4 Å². The largest absolute Gasteiger partial charge is 0.455 e. The van der Waals surface area contributed by atoms with E-state index in [1.807, 2.05) is 32.0 Å². The standard InChI is InChI=1S/C23H28O2S/c1-13-14(2)18-11-16(13)12-19(18)22(24)25-23(3,4)20-10-9-15-7-5-6-8-17(15)21(20)26/h5-10,13-14,16,18-19,26H,11-12H2,1-4H3. The number of esters is 1. The van der Waals surface area contributed by atoms with E-state index < -0.39 is 5.60 Å². The minimum atomic E-state index is -0.686. The average molecular weight is 369 g/mol. The summed E-state index contributed by atoms with van der Waals surface area (Å²) in [5.74, 6) is 2.58. The van der Waals surface area contributed by atoms with Crippen LogP contribution >= 0.6 is 12.6 Å². The van der Waals surface area contributed by atoms with Gasteiger partial charge in [-0.25, -0.2) is 0 Å². The smallest absolute Gasteiger partial charge is 0.310 e. The molecule has 0 heterocycles. The molecule has 26 heavy (non-hydrogen) atoms. The summed E-state index contributed by atoms with van der Waals surface area (Å²) in [6.45, 7) is 8.60. The molecule has 4 rings (SSSR count). The van der Waals surface area contributed by atoms with Gasteiger partial charge >= 0.3 is 5.97 Å². The number of ether oxygens (including phenoxy) is 1. The van der Waals surface area contributed by atoms with Crippen molar-refractivity contribution >= 4 is 29.4 Å². The Bertz CT molecular complexity index is 854. The van der Waals surface area contributed by atoms with E-state index in [1.54, 1.807) is 0 Å². The van der Waals surface area contributed by atoms with Crippen molar-refractivity contribution in [2.75, 3.05) is 0 Å². The molecule has 0 aliphatic heterocycles. The highest BCUT2D eigenvalue weighted by Gasteiger charge is 2.52. The fourth-order valence-electron chi connectivity index (χ4n) is 5.33. The molecule has 2 fully saturated rings. The number of hydrogen-bond donors (Lipinski definition) is 1. The number of fused-ring (bicyclic) bond motifs is 3. The van der Waals surface area contributed by atoms with E-state index in [0.29, 0.717) is 17.8 Å². The topological polar surface area (TPSA) is 26.3 Å². The quantitative estimate of drug-likeness (QED) is 0.544. The van der Waals surface area contributed by atoms with Gasteiger partial charge in [0.1, 0.15) is 5.60 Å². The van der Waals surface area contributed by atoms with Crippen LogP contribution in [0.1, 0.15) is 46.1 Å². The van der Waals surface area contributed by atoms with Gasteiger partial charge in [-0.15, -0.1) is 12.6 Å². The Morgan fingerprint density at radius 1 is 1.08 bits per heavy atom. The maximum Gasteiger partial charge on any atom is 0.310 e. The Labute approximate surface area is 161 Å². The summed E-state index contributed by atoms with van der Waals surface area (Å²) in [5, 5.41) is 2.25. The first-order valence-corrected chi connectivity index (χ1v) is 10.2. The predicted molar refractivity (Wildman–Crippen MR) is 108 cm³/mol. The van der Waals surface area contributed by atoms with E-state index in [0.717, 1.165) is 33.6 Å². The third-order valence-corrected chi connectivity index (χ3v) is 7.59. The normalized spacial score (nSPS) is 30.7. The molecular weight excluding hydrogens is 340 g/mol. The molecule has 0 N–H and O–H groups in total. The van der Waals surface area contributed by atoms with Gasteiger partial charge in [0.2, 0.25) is 0 Å². The molecule has 5 atom stereocenters. The average Bonchev–Trinajstić information content (AvgIpc) is 3.15. The summed E-state index contributed by atoms with van der Waals surface area (Å²) in [6, 6.07) is 12.3. The summed E-state index contributed by atoms with van der Waals surface area (Å²) in [6.07, 6.45) is 2.19. The SMILES string of the molecule is CC1C2CC(C(=O)OC(C)(C)c3ccc4ccccc4c3S)C(C2)C1C. The van der Waals surface area contributed by atoms with Gasteiger partial charge in [0.05, 0.1) is 5.92 Å². The number of hydrogen-bond acceptors (Lipinski definition) is 3. The molecule has 0 amide bonds. The van der Waals surface area contributed by atoms with Gasteiger partial charge in [-0.1, -0.05) is 50.2 Å². The van der Waals surface area contributed by atoms with Crippen molar-refractivity contribution in [1.82, 2.24) is 0 Å². The van der Waals surface area contributed by atoms with E-state index in [2.05, 4.69) is 32.0 Å². The Balaban J connectivity index is 1.58. The first kappa shape index (κ1) is 17.9. The molecule has 0 radical (unpaired) electrons. The fourth-order valence-corrected chi connectivity index (χ4v) is 5.88. The minimum Gasteiger partial charge on any atom is -0.455 e. The van der Waals surface area contributed by atoms with Gasteiger partial charge in [-0.3, -0.25) is 4.79 Å². The lowest BCUT2D eigenvalue weighted by molar-refractivity contribution is -0.165. The van der Waals surface area contributed by atoms with Crippen molar-refractivity contribution < 1.29 is 9.53 Å². The third kappa shape index (κ3) is 2.76. The highest BCUT2D eigenvalue weighted by molar-refractivity contribution is 7.80. The first-order valence-electron chi connectivity index (χ1n) is 9.73. The molecule has 0 aromatic heterocycles. The molecule has 0 saturated heterocycles. The van der Waals surface area contributed by atoms with Crippen LogP contribution in [0.5, 0.6) is 0 Å². The number of benzene rings is 2. The van der Waals surface area contributed by atoms with Gasteiger partial charge in [0.15, 0.2) is 0 Å². The molecule has 2 bridgehead atoms. The number of rotatable bonds is 3. The Kier molecular flexibility index (Phi) is 4.34. The van der Waals surface area contributed by atoms with Crippen LogP contribution in [0.15, 0.2) is 41.3 Å². The van der Waals surface area contributed by atoms with Crippen molar-refractivity contribution in [3.8, 4) is 0 Å². The zero-order valence-corrected chi connectivity index (χ0v) is 16.9. The van der Waals surface area contributed by atoms with E-state index in [9.17, 15) is 4.79 Å². The van der Waals surface area contributed by atoms with Crippen LogP contribution in [0, 0.1) is 29.6 Å². The second-order valence-electron chi connectivity index (χ2n) is 8.83. The monoisotopic (exact) mass is 368 g/mol.